The number of rotatable bonds is 7. The van der Waals surface area contributed by atoms with E-state index in [1.807, 2.05) is 0 Å². The maximum atomic E-state index is 4.48. The van der Waals surface area contributed by atoms with Gasteiger partial charge in [-0.1, -0.05) is 30.3 Å². The summed E-state index contributed by atoms with van der Waals surface area (Å²) in [6.45, 7) is 5.69. The summed E-state index contributed by atoms with van der Waals surface area (Å²) in [5.74, 6) is 1.51. The minimum atomic E-state index is 0.736. The first-order valence-corrected chi connectivity index (χ1v) is 9.75. The lowest BCUT2D eigenvalue weighted by Crippen LogP contribution is -2.39. The zero-order valence-corrected chi connectivity index (χ0v) is 15.3. The highest BCUT2D eigenvalue weighted by atomic mass is 15.2. The van der Waals surface area contributed by atoms with Crippen LogP contribution in [-0.2, 0) is 13.1 Å². The second-order valence-electron chi connectivity index (χ2n) is 8.02. The summed E-state index contributed by atoms with van der Waals surface area (Å²) < 4.78 is 0. The van der Waals surface area contributed by atoms with Crippen molar-refractivity contribution in [2.45, 2.75) is 44.7 Å². The molecule has 1 saturated carbocycles. The Hall–Kier alpha value is -1.65. The molecular formula is C21H30N4. The molecule has 0 bridgehead atoms. The van der Waals surface area contributed by atoms with E-state index in [4.69, 9.17) is 0 Å². The second-order valence-corrected chi connectivity index (χ2v) is 8.02. The van der Waals surface area contributed by atoms with Crippen LogP contribution >= 0.6 is 0 Å². The van der Waals surface area contributed by atoms with E-state index < -0.39 is 0 Å². The van der Waals surface area contributed by atoms with Crippen molar-refractivity contribution >= 4 is 0 Å². The summed E-state index contributed by atoms with van der Waals surface area (Å²) in [7, 11) is 2.24. The van der Waals surface area contributed by atoms with Crippen LogP contribution in [0.5, 0.6) is 0 Å². The number of likely N-dealkylation sites (tertiary alicyclic amines) is 1. The van der Waals surface area contributed by atoms with Crippen molar-refractivity contribution < 1.29 is 0 Å². The van der Waals surface area contributed by atoms with Crippen LogP contribution in [0.1, 0.15) is 48.6 Å². The van der Waals surface area contributed by atoms with Gasteiger partial charge in [-0.05, 0) is 56.8 Å². The van der Waals surface area contributed by atoms with Crippen molar-refractivity contribution in [3.8, 4) is 0 Å². The lowest BCUT2D eigenvalue weighted by molar-refractivity contribution is 0.135. The standard InChI is InChI=1S/C21H30N4/c1-24(16-20-12-21(23-22-20)19-9-10-19)13-18-8-5-11-25(15-18)14-17-6-3-2-4-7-17/h2-4,6-7,12,18-19H,5,8-11,13-16H2,1H3,(H,22,23)/t18-/m1/s1. The molecule has 0 amide bonds. The fourth-order valence-corrected chi connectivity index (χ4v) is 4.13. The van der Waals surface area contributed by atoms with Gasteiger partial charge in [0.15, 0.2) is 0 Å². The average molecular weight is 338 g/mol. The summed E-state index contributed by atoms with van der Waals surface area (Å²) in [6.07, 6.45) is 5.31. The Kier molecular flexibility index (Phi) is 5.18. The minimum absolute atomic E-state index is 0.736. The highest BCUT2D eigenvalue weighted by Gasteiger charge is 2.26. The molecule has 2 aromatic rings. The number of nitrogens with zero attached hydrogens (tertiary/aromatic N) is 3. The first kappa shape index (κ1) is 16.8. The van der Waals surface area contributed by atoms with Gasteiger partial charge in [-0.2, -0.15) is 5.10 Å². The average Bonchev–Trinajstić information content (AvgIpc) is 3.36. The van der Waals surface area contributed by atoms with Crippen molar-refractivity contribution in [2.75, 3.05) is 26.7 Å². The quantitative estimate of drug-likeness (QED) is 0.837. The fraction of sp³-hybridized carbons (Fsp3) is 0.571. The molecule has 0 unspecified atom stereocenters. The Bertz CT molecular complexity index is 662. The first-order valence-electron chi connectivity index (χ1n) is 9.75. The largest absolute Gasteiger partial charge is 0.300 e. The molecule has 4 rings (SSSR count). The fourth-order valence-electron chi connectivity index (χ4n) is 4.13. The number of piperidine rings is 1. The Morgan fingerprint density at radius 3 is 2.84 bits per heavy atom. The molecule has 1 atom stereocenters. The van der Waals surface area contributed by atoms with Crippen molar-refractivity contribution in [1.29, 1.82) is 0 Å². The molecule has 4 nitrogen and oxygen atoms in total. The van der Waals surface area contributed by atoms with Crippen LogP contribution < -0.4 is 0 Å². The van der Waals surface area contributed by atoms with Crippen LogP contribution in [0, 0.1) is 5.92 Å². The number of aromatic amines is 1. The normalized spacial score (nSPS) is 21.8. The lowest BCUT2D eigenvalue weighted by atomic mass is 9.97. The molecule has 2 aliphatic rings. The molecule has 1 aliphatic heterocycles. The van der Waals surface area contributed by atoms with E-state index in [9.17, 15) is 0 Å². The van der Waals surface area contributed by atoms with E-state index in [0.717, 1.165) is 24.9 Å². The van der Waals surface area contributed by atoms with Gasteiger partial charge in [0.05, 0.1) is 5.69 Å². The predicted octanol–water partition coefficient (Wildman–Crippen LogP) is 3.63. The monoisotopic (exact) mass is 338 g/mol. The highest BCUT2D eigenvalue weighted by molar-refractivity contribution is 5.17. The Balaban J connectivity index is 1.26. The van der Waals surface area contributed by atoms with Crippen molar-refractivity contribution in [1.82, 2.24) is 20.0 Å². The van der Waals surface area contributed by atoms with Crippen LogP contribution in [0.15, 0.2) is 36.4 Å². The topological polar surface area (TPSA) is 35.2 Å². The van der Waals surface area contributed by atoms with Gasteiger partial charge in [-0.3, -0.25) is 10.00 Å². The molecule has 134 valence electrons. The molecule has 2 fully saturated rings. The Morgan fingerprint density at radius 1 is 1.20 bits per heavy atom. The lowest BCUT2D eigenvalue weighted by Gasteiger charge is -2.34. The molecule has 1 aromatic heterocycles. The molecule has 2 heterocycles. The van der Waals surface area contributed by atoms with E-state index in [1.54, 1.807) is 0 Å². The highest BCUT2D eigenvalue weighted by Crippen LogP contribution is 2.39. The summed E-state index contributed by atoms with van der Waals surface area (Å²) >= 11 is 0. The molecular weight excluding hydrogens is 308 g/mol. The van der Waals surface area contributed by atoms with Gasteiger partial charge in [0, 0.05) is 37.8 Å². The number of hydrogen-bond acceptors (Lipinski definition) is 3. The molecule has 0 radical (unpaired) electrons. The number of nitrogens with one attached hydrogen (secondary N) is 1. The van der Waals surface area contributed by atoms with Gasteiger partial charge in [-0.15, -0.1) is 0 Å². The van der Waals surface area contributed by atoms with Crippen LogP contribution in [0.2, 0.25) is 0 Å². The third-order valence-electron chi connectivity index (χ3n) is 5.51. The van der Waals surface area contributed by atoms with Gasteiger partial charge in [0.25, 0.3) is 0 Å². The summed E-state index contributed by atoms with van der Waals surface area (Å²) in [4.78, 5) is 5.08. The molecule has 1 N–H and O–H groups in total. The van der Waals surface area contributed by atoms with Crippen LogP contribution in [0.3, 0.4) is 0 Å². The smallest absolute Gasteiger partial charge is 0.0656 e. The van der Waals surface area contributed by atoms with Crippen molar-refractivity contribution in [3.63, 3.8) is 0 Å². The second kappa shape index (κ2) is 7.71. The summed E-state index contributed by atoms with van der Waals surface area (Å²) in [6, 6.07) is 13.1. The van der Waals surface area contributed by atoms with E-state index in [1.165, 1.54) is 62.3 Å². The van der Waals surface area contributed by atoms with E-state index in [-0.39, 0.29) is 0 Å². The SMILES string of the molecule is CN(Cc1cc(C2CC2)n[nH]1)C[C@H]1CCCN(Cc2ccccc2)C1. The molecule has 25 heavy (non-hydrogen) atoms. The van der Waals surface area contributed by atoms with Crippen LogP contribution in [-0.4, -0.2) is 46.7 Å². The number of hydrogen-bond donors (Lipinski definition) is 1. The van der Waals surface area contributed by atoms with E-state index in [0.29, 0.717) is 0 Å². The van der Waals surface area contributed by atoms with Gasteiger partial charge < -0.3 is 4.90 Å². The molecule has 1 aromatic carbocycles. The van der Waals surface area contributed by atoms with Gasteiger partial charge >= 0.3 is 0 Å². The molecule has 0 spiro atoms. The molecule has 4 heteroatoms. The molecule has 1 aliphatic carbocycles. The zero-order valence-electron chi connectivity index (χ0n) is 15.3. The van der Waals surface area contributed by atoms with E-state index >= 15 is 0 Å². The number of benzene rings is 1. The minimum Gasteiger partial charge on any atom is -0.300 e. The Morgan fingerprint density at radius 2 is 2.04 bits per heavy atom. The van der Waals surface area contributed by atoms with Gasteiger partial charge in [-0.25, -0.2) is 0 Å². The van der Waals surface area contributed by atoms with Crippen molar-refractivity contribution in [2.24, 2.45) is 5.92 Å². The van der Waals surface area contributed by atoms with Gasteiger partial charge in [0.1, 0.15) is 0 Å². The predicted molar refractivity (Wildman–Crippen MR) is 101 cm³/mol. The van der Waals surface area contributed by atoms with Crippen LogP contribution in [0.25, 0.3) is 0 Å². The summed E-state index contributed by atoms with van der Waals surface area (Å²) in [5, 5.41) is 7.71. The zero-order chi connectivity index (χ0) is 17.1. The van der Waals surface area contributed by atoms with Crippen LogP contribution in [0.4, 0.5) is 0 Å². The van der Waals surface area contributed by atoms with E-state index in [2.05, 4.69) is 63.4 Å². The third-order valence-corrected chi connectivity index (χ3v) is 5.51. The first-order chi connectivity index (χ1) is 12.3. The number of H-pyrrole nitrogens is 1. The molecule has 1 saturated heterocycles. The third kappa shape index (κ3) is 4.71. The number of aromatic nitrogens is 2. The Labute approximate surface area is 151 Å². The van der Waals surface area contributed by atoms with Gasteiger partial charge in [0.2, 0.25) is 0 Å². The summed E-state index contributed by atoms with van der Waals surface area (Å²) in [5.41, 5.74) is 3.97. The maximum Gasteiger partial charge on any atom is 0.0656 e. The maximum absolute atomic E-state index is 4.48. The van der Waals surface area contributed by atoms with Crippen molar-refractivity contribution in [3.05, 3.63) is 53.3 Å².